The van der Waals surface area contributed by atoms with Gasteiger partial charge in [0.25, 0.3) is 5.69 Å². The molecule has 0 saturated carbocycles. The van der Waals surface area contributed by atoms with Crippen molar-refractivity contribution in [2.24, 2.45) is 0 Å². The van der Waals surface area contributed by atoms with Crippen molar-refractivity contribution in [2.75, 3.05) is 0 Å². The highest BCUT2D eigenvalue weighted by Gasteiger charge is 2.25. The van der Waals surface area contributed by atoms with Crippen LogP contribution in [0.3, 0.4) is 0 Å². The summed E-state index contributed by atoms with van der Waals surface area (Å²) in [7, 11) is 0. The van der Waals surface area contributed by atoms with E-state index in [4.69, 9.17) is 0 Å². The molecule has 1 aliphatic rings. The van der Waals surface area contributed by atoms with Gasteiger partial charge >= 0.3 is 4.96 Å². The molecule has 0 bridgehead atoms. The second kappa shape index (κ2) is 4.99. The zero-order chi connectivity index (χ0) is 15.1. The van der Waals surface area contributed by atoms with E-state index in [2.05, 4.69) is 15.5 Å². The van der Waals surface area contributed by atoms with E-state index in [0.29, 0.717) is 0 Å². The minimum Gasteiger partial charge on any atom is -0.258 e. The number of nitrogens with zero attached hydrogens (tertiary/aromatic N) is 3. The van der Waals surface area contributed by atoms with Crippen molar-refractivity contribution in [3.05, 3.63) is 69.0 Å². The summed E-state index contributed by atoms with van der Waals surface area (Å²) in [6.45, 7) is 0. The lowest BCUT2D eigenvalue weighted by molar-refractivity contribution is -0.513. The smallest absolute Gasteiger partial charge is 0.258 e. The third kappa shape index (κ3) is 2.08. The minimum absolute atomic E-state index is 0.118. The molecule has 3 aromatic rings. The van der Waals surface area contributed by atoms with Crippen molar-refractivity contribution in [3.8, 4) is 0 Å². The third-order valence-electron chi connectivity index (χ3n) is 3.88. The van der Waals surface area contributed by atoms with E-state index < -0.39 is 0 Å². The molecule has 0 radical (unpaired) electrons. The molecule has 0 aliphatic heterocycles. The Bertz CT molecular complexity index is 913. The molecule has 0 N–H and O–H groups in total. The van der Waals surface area contributed by atoms with Gasteiger partial charge < -0.3 is 0 Å². The topological polar surface area (TPSA) is 60.1 Å². The van der Waals surface area contributed by atoms with Crippen LogP contribution in [-0.4, -0.2) is 9.91 Å². The largest absolute Gasteiger partial charge is 0.387 e. The summed E-state index contributed by atoms with van der Waals surface area (Å²) in [4.78, 5) is 15.8. The third-order valence-corrected chi connectivity index (χ3v) is 4.65. The van der Waals surface area contributed by atoms with Gasteiger partial charge in [-0.15, -0.1) is 0 Å². The number of rotatable bonds is 2. The summed E-state index contributed by atoms with van der Waals surface area (Å²) >= 11 is 1.62. The number of allylic oxidation sites excluding steroid dienone is 1. The van der Waals surface area contributed by atoms with Gasteiger partial charge in [-0.2, -0.15) is 4.40 Å². The van der Waals surface area contributed by atoms with Gasteiger partial charge in [0, 0.05) is 28.6 Å². The maximum Gasteiger partial charge on any atom is 0.387 e. The Hall–Kier alpha value is -2.60. The average molecular weight is 310 g/mol. The fraction of sp³-hybridized carbons (Fsp3) is 0.125. The number of nitro benzene ring substituents is 1. The average Bonchev–Trinajstić information content (AvgIpc) is 3.14. The Morgan fingerprint density at radius 1 is 1.27 bits per heavy atom. The van der Waals surface area contributed by atoms with Crippen LogP contribution in [0.2, 0.25) is 0 Å². The van der Waals surface area contributed by atoms with Crippen LogP contribution in [0.15, 0.2) is 42.0 Å². The van der Waals surface area contributed by atoms with E-state index in [1.165, 1.54) is 16.8 Å². The number of aryl methyl sites for hydroxylation is 1. The molecule has 0 atom stereocenters. The van der Waals surface area contributed by atoms with Gasteiger partial charge in [-0.25, -0.2) is 0 Å². The summed E-state index contributed by atoms with van der Waals surface area (Å²) in [6, 6.07) is 6.67. The second-order valence-electron chi connectivity index (χ2n) is 5.21. The zero-order valence-electron chi connectivity index (χ0n) is 11.6. The molecule has 0 unspecified atom stereocenters. The summed E-state index contributed by atoms with van der Waals surface area (Å²) < 4.78 is 2.13. The van der Waals surface area contributed by atoms with Gasteiger partial charge in [0.15, 0.2) is 0 Å². The van der Waals surface area contributed by atoms with Crippen LogP contribution >= 0.6 is 11.3 Å². The monoisotopic (exact) mass is 310 g/mol. The molecule has 108 valence electrons. The molecule has 1 aliphatic carbocycles. The molecule has 0 spiro atoms. The Balaban J connectivity index is 1.79. The number of non-ortho nitro benzene ring substituents is 1. The standard InChI is InChI=1S/C16H12N3O2S/c20-19(21)14-5-1-11(2-6-14)9-12-3-4-13-10-17-16-18(15(12)13)7-8-22-16/h1-2,5-10H,3-4H2/q+1/b12-9-. The van der Waals surface area contributed by atoms with Gasteiger partial charge in [0.05, 0.1) is 4.92 Å². The van der Waals surface area contributed by atoms with Crippen LogP contribution in [0.5, 0.6) is 0 Å². The normalized spacial score (nSPS) is 15.4. The summed E-state index contributed by atoms with van der Waals surface area (Å²) in [5.74, 6) is 0. The van der Waals surface area contributed by atoms with Crippen molar-refractivity contribution in [2.45, 2.75) is 12.8 Å². The van der Waals surface area contributed by atoms with E-state index in [-0.39, 0.29) is 10.6 Å². The van der Waals surface area contributed by atoms with Crippen LogP contribution in [0.25, 0.3) is 16.6 Å². The first-order chi connectivity index (χ1) is 10.7. The summed E-state index contributed by atoms with van der Waals surface area (Å²) in [5, 5.41) is 12.8. The number of hydrogen-bond acceptors (Lipinski definition) is 4. The van der Waals surface area contributed by atoms with Crippen LogP contribution in [-0.2, 0) is 6.42 Å². The molecule has 0 amide bonds. The lowest BCUT2D eigenvalue weighted by atomic mass is 10.1. The molecule has 2 aromatic heterocycles. The van der Waals surface area contributed by atoms with Crippen molar-refractivity contribution in [1.29, 1.82) is 0 Å². The first-order valence-corrected chi connectivity index (χ1v) is 7.82. The number of thiazole rings is 1. The van der Waals surface area contributed by atoms with Gasteiger partial charge in [-0.05, 0) is 41.6 Å². The van der Waals surface area contributed by atoms with E-state index in [1.807, 2.05) is 17.8 Å². The Kier molecular flexibility index (Phi) is 2.97. The molecule has 1 aromatic carbocycles. The highest BCUT2D eigenvalue weighted by atomic mass is 32.1. The fourth-order valence-electron chi connectivity index (χ4n) is 2.85. The Morgan fingerprint density at radius 3 is 2.86 bits per heavy atom. The molecule has 5 nitrogen and oxygen atoms in total. The summed E-state index contributed by atoms with van der Waals surface area (Å²) in [6.07, 6.45) is 8.06. The van der Waals surface area contributed by atoms with Crippen LogP contribution in [0.4, 0.5) is 5.69 Å². The van der Waals surface area contributed by atoms with Crippen molar-refractivity contribution in [1.82, 2.24) is 4.98 Å². The van der Waals surface area contributed by atoms with Gasteiger partial charge in [-0.1, -0.05) is 11.3 Å². The second-order valence-corrected chi connectivity index (χ2v) is 6.08. The Labute approximate surface area is 130 Å². The highest BCUT2D eigenvalue weighted by Crippen LogP contribution is 2.31. The SMILES string of the molecule is O=[N+]([O-])c1ccc(/C=C2/CCc3cnc4scc[n+]4c32)cc1. The maximum atomic E-state index is 10.7. The lowest BCUT2D eigenvalue weighted by Gasteiger charge is -2.00. The van der Waals surface area contributed by atoms with Gasteiger partial charge in [0.2, 0.25) is 0 Å². The fourth-order valence-corrected chi connectivity index (χ4v) is 3.53. The first kappa shape index (κ1) is 13.1. The molecule has 2 heterocycles. The zero-order valence-corrected chi connectivity index (χ0v) is 12.4. The van der Waals surface area contributed by atoms with Crippen LogP contribution < -0.4 is 4.40 Å². The van der Waals surface area contributed by atoms with Crippen molar-refractivity contribution >= 4 is 33.6 Å². The van der Waals surface area contributed by atoms with E-state index >= 15 is 0 Å². The quantitative estimate of drug-likeness (QED) is 0.414. The predicted molar refractivity (Wildman–Crippen MR) is 84.6 cm³/mol. The lowest BCUT2D eigenvalue weighted by Crippen LogP contribution is -2.24. The van der Waals surface area contributed by atoms with Crippen molar-refractivity contribution in [3.63, 3.8) is 0 Å². The Morgan fingerprint density at radius 2 is 2.09 bits per heavy atom. The first-order valence-electron chi connectivity index (χ1n) is 6.94. The minimum atomic E-state index is -0.377. The highest BCUT2D eigenvalue weighted by molar-refractivity contribution is 7.14. The molecule has 4 rings (SSSR count). The van der Waals surface area contributed by atoms with Gasteiger partial charge in [0.1, 0.15) is 18.1 Å². The van der Waals surface area contributed by atoms with Gasteiger partial charge in [-0.3, -0.25) is 10.1 Å². The van der Waals surface area contributed by atoms with E-state index in [0.717, 1.165) is 23.4 Å². The van der Waals surface area contributed by atoms with E-state index in [1.54, 1.807) is 35.6 Å². The maximum absolute atomic E-state index is 10.7. The predicted octanol–water partition coefficient (Wildman–Crippen LogP) is 3.28. The van der Waals surface area contributed by atoms with Crippen LogP contribution in [0.1, 0.15) is 23.2 Å². The number of fused-ring (bicyclic) bond motifs is 3. The van der Waals surface area contributed by atoms with Crippen LogP contribution in [0, 0.1) is 10.1 Å². The molecular formula is C16H12N3O2S+. The number of hydrogen-bond donors (Lipinski definition) is 0. The number of nitro groups is 1. The molecule has 0 fully saturated rings. The molecule has 22 heavy (non-hydrogen) atoms. The summed E-state index contributed by atoms with van der Waals surface area (Å²) in [5.41, 5.74) is 4.82. The number of aromatic nitrogens is 2. The molecule has 0 saturated heterocycles. The molecular weight excluding hydrogens is 298 g/mol. The van der Waals surface area contributed by atoms with Crippen molar-refractivity contribution < 1.29 is 9.32 Å². The number of benzene rings is 1. The molecule has 6 heteroatoms. The van der Waals surface area contributed by atoms with E-state index in [9.17, 15) is 10.1 Å².